The number of benzene rings is 1. The molecule has 5 rings (SSSR count). The molecule has 1 unspecified atom stereocenters. The van der Waals surface area contributed by atoms with E-state index in [0.29, 0.717) is 35.9 Å². The van der Waals surface area contributed by atoms with Crippen molar-refractivity contribution in [2.24, 2.45) is 22.4 Å². The van der Waals surface area contributed by atoms with Gasteiger partial charge in [-0.25, -0.2) is 0 Å². The van der Waals surface area contributed by atoms with Crippen molar-refractivity contribution < 1.29 is 28.8 Å². The number of hydrogen-bond acceptors (Lipinski definition) is 7. The second-order valence-corrected chi connectivity index (χ2v) is 15.4. The monoisotopic (exact) mass is 669 g/mol. The van der Waals surface area contributed by atoms with Crippen molar-refractivity contribution in [1.82, 2.24) is 20.9 Å². The zero-order chi connectivity index (χ0) is 33.9. The average molecular weight is 670 g/mol. The third-order valence-corrected chi connectivity index (χ3v) is 10.2. The number of ketones is 1. The molecule has 2 aliphatic carbocycles. The van der Waals surface area contributed by atoms with Crippen molar-refractivity contribution in [1.29, 1.82) is 0 Å². The van der Waals surface area contributed by atoms with Gasteiger partial charge in [-0.1, -0.05) is 81.8 Å². The van der Waals surface area contributed by atoms with Crippen molar-refractivity contribution in [3.8, 4) is 0 Å². The maximum absolute atomic E-state index is 14.5. The molecule has 1 spiro atoms. The second-order valence-electron chi connectivity index (χ2n) is 14.9. The summed E-state index contributed by atoms with van der Waals surface area (Å²) in [4.78, 5) is 74.8. The highest BCUT2D eigenvalue weighted by atomic mass is 35.5. The summed E-state index contributed by atoms with van der Waals surface area (Å²) < 4.78 is 0. The van der Waals surface area contributed by atoms with Gasteiger partial charge in [0.15, 0.2) is 5.60 Å². The van der Waals surface area contributed by atoms with Crippen molar-refractivity contribution in [3.63, 3.8) is 0 Å². The number of oxime groups is 1. The van der Waals surface area contributed by atoms with E-state index in [9.17, 15) is 24.0 Å². The minimum Gasteiger partial charge on any atom is -0.387 e. The summed E-state index contributed by atoms with van der Waals surface area (Å²) in [6.07, 6.45) is 8.41. The maximum atomic E-state index is 14.5. The number of nitrogens with zero attached hydrogens (tertiary/aromatic N) is 2. The minimum absolute atomic E-state index is 0.0548. The highest BCUT2D eigenvalue weighted by molar-refractivity contribution is 6.38. The van der Waals surface area contributed by atoms with Gasteiger partial charge in [-0.15, -0.1) is 0 Å². The van der Waals surface area contributed by atoms with Crippen molar-refractivity contribution in [2.75, 3.05) is 13.6 Å². The van der Waals surface area contributed by atoms with Crippen LogP contribution in [0.25, 0.3) is 0 Å². The molecule has 1 aromatic rings. The molecule has 256 valence electrons. The lowest BCUT2D eigenvalue weighted by Crippen LogP contribution is -2.59. The molecular weight excluding hydrogens is 622 g/mol. The number of nitrogens with one attached hydrogen (secondary N) is 3. The van der Waals surface area contributed by atoms with Gasteiger partial charge in [-0.2, -0.15) is 0 Å². The van der Waals surface area contributed by atoms with Gasteiger partial charge in [0.1, 0.15) is 12.1 Å². The Bertz CT molecular complexity index is 1420. The van der Waals surface area contributed by atoms with E-state index in [1.54, 1.807) is 12.1 Å². The van der Waals surface area contributed by atoms with Crippen molar-refractivity contribution in [2.45, 2.75) is 115 Å². The summed E-state index contributed by atoms with van der Waals surface area (Å²) in [6.45, 7) is 5.71. The first-order valence-corrected chi connectivity index (χ1v) is 17.3. The molecule has 0 aromatic heterocycles. The van der Waals surface area contributed by atoms with E-state index >= 15 is 0 Å². The van der Waals surface area contributed by atoms with Gasteiger partial charge in [0.05, 0.1) is 18.3 Å². The van der Waals surface area contributed by atoms with Crippen LogP contribution < -0.4 is 16.0 Å². The number of carbonyl (C=O) groups is 5. The molecule has 4 atom stereocenters. The van der Waals surface area contributed by atoms with E-state index in [0.717, 1.165) is 44.1 Å². The van der Waals surface area contributed by atoms with E-state index in [2.05, 4.69) is 21.1 Å². The molecule has 11 nitrogen and oxygen atoms in total. The largest absolute Gasteiger partial charge is 0.387 e. The minimum atomic E-state index is -1.02. The van der Waals surface area contributed by atoms with Gasteiger partial charge in [0.2, 0.25) is 23.5 Å². The number of Topliss-reactive ketones (excluding diaryl/α,β-unsaturated/α-hetero) is 1. The van der Waals surface area contributed by atoms with Crippen molar-refractivity contribution in [3.05, 3.63) is 34.9 Å². The van der Waals surface area contributed by atoms with Crippen LogP contribution in [0.4, 0.5) is 0 Å². The van der Waals surface area contributed by atoms with Gasteiger partial charge in [0, 0.05) is 36.9 Å². The summed E-state index contributed by atoms with van der Waals surface area (Å²) in [5.74, 6) is -2.07. The highest BCUT2D eigenvalue weighted by Crippen LogP contribution is 2.41. The van der Waals surface area contributed by atoms with Crippen LogP contribution >= 0.6 is 11.6 Å². The molecule has 47 heavy (non-hydrogen) atoms. The Morgan fingerprint density at radius 1 is 1.04 bits per heavy atom. The van der Waals surface area contributed by atoms with Crippen LogP contribution in [-0.4, -0.2) is 77.3 Å². The quantitative estimate of drug-likeness (QED) is 0.305. The summed E-state index contributed by atoms with van der Waals surface area (Å²) >= 11 is 6.24. The van der Waals surface area contributed by atoms with Gasteiger partial charge in [-0.3, -0.25) is 24.0 Å². The number of amides is 4. The van der Waals surface area contributed by atoms with Gasteiger partial charge >= 0.3 is 0 Å². The smallest absolute Gasteiger partial charge is 0.289 e. The Morgan fingerprint density at radius 2 is 1.77 bits per heavy atom. The Labute approximate surface area is 281 Å². The molecular formula is C35H48ClN5O6. The van der Waals surface area contributed by atoms with Crippen LogP contribution in [0.2, 0.25) is 5.02 Å². The lowest BCUT2D eigenvalue weighted by molar-refractivity contribution is -0.145. The first-order valence-electron chi connectivity index (χ1n) is 17.0. The maximum Gasteiger partial charge on any atom is 0.289 e. The molecule has 1 saturated heterocycles. The van der Waals surface area contributed by atoms with E-state index in [-0.39, 0.29) is 24.8 Å². The third-order valence-electron chi connectivity index (χ3n) is 9.95. The predicted octanol–water partition coefficient (Wildman–Crippen LogP) is 3.91. The van der Waals surface area contributed by atoms with E-state index in [1.807, 2.05) is 32.9 Å². The van der Waals surface area contributed by atoms with Crippen LogP contribution in [-0.2, 0) is 28.8 Å². The Morgan fingerprint density at radius 3 is 2.40 bits per heavy atom. The summed E-state index contributed by atoms with van der Waals surface area (Å²) in [5, 5.41) is 13.1. The first kappa shape index (κ1) is 34.9. The van der Waals surface area contributed by atoms with Gasteiger partial charge in [-0.05, 0) is 48.6 Å². The Kier molecular flexibility index (Phi) is 10.6. The molecule has 4 amide bonds. The SMILES string of the molecule is CNC(=O)C(=O)[C@@H](CC1CC1)NC(=O)C1C[C@]2(CC(c3cccc(Cl)c3)=NO2)CN1C(=O)[C@@H](NC(=O)CC1CCCCC1)C(C)(C)C. The van der Waals surface area contributed by atoms with Crippen LogP contribution in [0.15, 0.2) is 29.4 Å². The molecule has 2 aliphatic heterocycles. The molecule has 12 heteroatoms. The highest BCUT2D eigenvalue weighted by Gasteiger charge is 2.55. The summed E-state index contributed by atoms with van der Waals surface area (Å²) in [5.41, 5.74) is -0.238. The van der Waals surface area contributed by atoms with Crippen LogP contribution in [0, 0.1) is 17.3 Å². The van der Waals surface area contributed by atoms with Crippen LogP contribution in [0.3, 0.4) is 0 Å². The number of hydrogen-bond donors (Lipinski definition) is 3. The van der Waals surface area contributed by atoms with Crippen LogP contribution in [0.1, 0.15) is 97.0 Å². The van der Waals surface area contributed by atoms with Gasteiger partial charge in [0.25, 0.3) is 5.91 Å². The first-order chi connectivity index (χ1) is 22.3. The molecule has 1 aromatic carbocycles. The Balaban J connectivity index is 1.39. The number of likely N-dealkylation sites (N-methyl/N-ethyl adjacent to an activating group) is 1. The zero-order valence-electron chi connectivity index (χ0n) is 27.9. The lowest BCUT2D eigenvalue weighted by Gasteiger charge is -2.36. The van der Waals surface area contributed by atoms with E-state index < -0.39 is 52.6 Å². The fourth-order valence-corrected chi connectivity index (χ4v) is 7.30. The Hall–Kier alpha value is -3.47. The normalized spacial score (nSPS) is 24.2. The van der Waals surface area contributed by atoms with E-state index in [4.69, 9.17) is 16.4 Å². The standard InChI is InChI=1S/C35H48ClN5O6/c1-34(2,3)30(39-28(42)16-21-9-6-5-7-10-21)33(46)41-20-35(18-26(40-47-35)23-11-8-12-24(36)17-23)19-27(41)31(44)38-25(15-22-13-14-22)29(43)32(45)37-4/h8,11-12,17,21-22,25,27,30H,5-7,9-10,13-16,18-20H2,1-4H3,(H,37,45)(H,38,44)(H,39,42)/t25-,27?,30-,35-/m1/s1. The molecule has 0 bridgehead atoms. The number of rotatable bonds is 11. The number of halogens is 1. The van der Waals surface area contributed by atoms with Gasteiger partial charge < -0.3 is 25.7 Å². The molecule has 4 aliphatic rings. The molecule has 3 fully saturated rings. The average Bonchev–Trinajstić information content (AvgIpc) is 3.64. The topological polar surface area (TPSA) is 146 Å². The second kappa shape index (κ2) is 14.3. The summed E-state index contributed by atoms with van der Waals surface area (Å²) in [7, 11) is 1.38. The lowest BCUT2D eigenvalue weighted by atomic mass is 9.84. The predicted molar refractivity (Wildman–Crippen MR) is 177 cm³/mol. The summed E-state index contributed by atoms with van der Waals surface area (Å²) in [6, 6.07) is 4.30. The number of carbonyl (C=O) groups excluding carboxylic acids is 5. The zero-order valence-corrected chi connectivity index (χ0v) is 28.7. The third kappa shape index (κ3) is 8.52. The molecule has 2 saturated carbocycles. The fraction of sp³-hybridized carbons (Fsp3) is 0.657. The molecule has 0 radical (unpaired) electrons. The van der Waals surface area contributed by atoms with E-state index in [1.165, 1.54) is 18.4 Å². The molecule has 3 N–H and O–H groups in total. The van der Waals surface area contributed by atoms with Crippen LogP contribution in [0.5, 0.6) is 0 Å². The number of likely N-dealkylation sites (tertiary alicyclic amines) is 1. The van der Waals surface area contributed by atoms with Crippen molar-refractivity contribution >= 4 is 46.7 Å². The fourth-order valence-electron chi connectivity index (χ4n) is 7.11. The molecule has 2 heterocycles.